The number of nitrogens with one attached hydrogen (secondary N) is 1. The third-order valence-electron chi connectivity index (χ3n) is 3.86. The molecule has 0 heterocycles. The molecule has 1 amide bonds. The van der Waals surface area contributed by atoms with Crippen LogP contribution in [0.2, 0.25) is 0 Å². The van der Waals surface area contributed by atoms with Crippen molar-refractivity contribution in [3.05, 3.63) is 57.1 Å². The second-order valence-electron chi connectivity index (χ2n) is 5.92. The third-order valence-corrected chi connectivity index (χ3v) is 4.75. The smallest absolute Gasteiger partial charge is 0.265 e. The highest BCUT2D eigenvalue weighted by Gasteiger charge is 2.17. The van der Waals surface area contributed by atoms with Crippen molar-refractivity contribution in [1.82, 2.24) is 0 Å². The van der Waals surface area contributed by atoms with Crippen LogP contribution in [0.25, 0.3) is 0 Å². The minimum Gasteiger partial charge on any atom is -0.481 e. The van der Waals surface area contributed by atoms with Crippen LogP contribution in [0.4, 0.5) is 5.69 Å². The van der Waals surface area contributed by atoms with Crippen molar-refractivity contribution in [2.45, 2.75) is 40.7 Å². The molecule has 0 aliphatic carbocycles. The number of carbonyl (C=O) groups is 1. The number of rotatable bonds is 4. The number of ether oxygens (including phenoxy) is 1. The Morgan fingerprint density at radius 3 is 2.43 bits per heavy atom. The molecule has 1 unspecified atom stereocenters. The Morgan fingerprint density at radius 2 is 1.78 bits per heavy atom. The van der Waals surface area contributed by atoms with E-state index in [1.54, 1.807) is 6.92 Å². The molecule has 0 spiro atoms. The predicted molar refractivity (Wildman–Crippen MR) is 98.3 cm³/mol. The van der Waals surface area contributed by atoms with Gasteiger partial charge in [0.2, 0.25) is 0 Å². The van der Waals surface area contributed by atoms with E-state index >= 15 is 0 Å². The maximum absolute atomic E-state index is 12.3. The summed E-state index contributed by atoms with van der Waals surface area (Å²) in [7, 11) is 0. The van der Waals surface area contributed by atoms with E-state index in [0.717, 1.165) is 38.2 Å². The molecule has 0 radical (unpaired) electrons. The van der Waals surface area contributed by atoms with Crippen molar-refractivity contribution in [3.63, 3.8) is 0 Å². The molecule has 2 aromatic carbocycles. The number of hydrogen-bond donors (Lipinski definition) is 1. The SMILES string of the molecule is Cc1cc(C)c(C)c(OC(C)C(=O)Nc2ccc(Br)c(C)c2)c1. The molecule has 0 saturated carbocycles. The van der Waals surface area contributed by atoms with Gasteiger partial charge in [-0.15, -0.1) is 0 Å². The van der Waals surface area contributed by atoms with Gasteiger partial charge in [-0.2, -0.15) is 0 Å². The molecule has 122 valence electrons. The molecule has 0 aromatic heterocycles. The van der Waals surface area contributed by atoms with Gasteiger partial charge in [-0.05, 0) is 81.1 Å². The fourth-order valence-electron chi connectivity index (χ4n) is 2.33. The van der Waals surface area contributed by atoms with Gasteiger partial charge in [0.25, 0.3) is 5.91 Å². The van der Waals surface area contributed by atoms with Crippen LogP contribution >= 0.6 is 15.9 Å². The normalized spacial score (nSPS) is 11.9. The van der Waals surface area contributed by atoms with Gasteiger partial charge in [0, 0.05) is 10.2 Å². The van der Waals surface area contributed by atoms with Gasteiger partial charge >= 0.3 is 0 Å². The summed E-state index contributed by atoms with van der Waals surface area (Å²) in [6.45, 7) is 9.82. The summed E-state index contributed by atoms with van der Waals surface area (Å²) in [4.78, 5) is 12.3. The van der Waals surface area contributed by atoms with E-state index in [2.05, 4.69) is 27.3 Å². The second kappa shape index (κ2) is 7.18. The molecule has 3 nitrogen and oxygen atoms in total. The number of benzene rings is 2. The number of amides is 1. The maximum Gasteiger partial charge on any atom is 0.265 e. The number of hydrogen-bond acceptors (Lipinski definition) is 2. The highest BCUT2D eigenvalue weighted by Crippen LogP contribution is 2.25. The predicted octanol–water partition coefficient (Wildman–Crippen LogP) is 5.09. The second-order valence-corrected chi connectivity index (χ2v) is 6.77. The van der Waals surface area contributed by atoms with Crippen molar-refractivity contribution in [1.29, 1.82) is 0 Å². The molecular formula is C19H22BrNO2. The van der Waals surface area contributed by atoms with Crippen LogP contribution in [0.5, 0.6) is 5.75 Å². The zero-order chi connectivity index (χ0) is 17.1. The van der Waals surface area contributed by atoms with Gasteiger partial charge in [-0.25, -0.2) is 0 Å². The van der Waals surface area contributed by atoms with Gasteiger partial charge < -0.3 is 10.1 Å². The first kappa shape index (κ1) is 17.5. The largest absolute Gasteiger partial charge is 0.481 e. The summed E-state index contributed by atoms with van der Waals surface area (Å²) in [5, 5.41) is 2.89. The van der Waals surface area contributed by atoms with Crippen molar-refractivity contribution in [2.24, 2.45) is 0 Å². The van der Waals surface area contributed by atoms with Crippen LogP contribution in [0.15, 0.2) is 34.8 Å². The molecule has 2 aromatic rings. The Hall–Kier alpha value is -1.81. The highest BCUT2D eigenvalue weighted by molar-refractivity contribution is 9.10. The summed E-state index contributed by atoms with van der Waals surface area (Å²) in [6, 6.07) is 9.79. The number of halogens is 1. The van der Waals surface area contributed by atoms with Gasteiger partial charge in [0.1, 0.15) is 5.75 Å². The summed E-state index contributed by atoms with van der Waals surface area (Å²) >= 11 is 3.45. The minimum atomic E-state index is -0.571. The standard InChI is InChI=1S/C19H22BrNO2/c1-11-8-12(2)14(4)18(9-11)23-15(5)19(22)21-16-6-7-17(20)13(3)10-16/h6-10,15H,1-5H3,(H,21,22). The number of anilines is 1. The highest BCUT2D eigenvalue weighted by atomic mass is 79.9. The van der Waals surface area contributed by atoms with Crippen LogP contribution in [0.1, 0.15) is 29.2 Å². The Kier molecular flexibility index (Phi) is 5.47. The summed E-state index contributed by atoms with van der Waals surface area (Å²) in [5.74, 6) is 0.599. The van der Waals surface area contributed by atoms with Gasteiger partial charge in [0.05, 0.1) is 0 Å². The average Bonchev–Trinajstić information content (AvgIpc) is 2.48. The van der Waals surface area contributed by atoms with Crippen LogP contribution in [0.3, 0.4) is 0 Å². The van der Waals surface area contributed by atoms with E-state index in [1.807, 2.05) is 52.0 Å². The first-order chi connectivity index (χ1) is 10.8. The first-order valence-electron chi connectivity index (χ1n) is 7.59. The van der Waals surface area contributed by atoms with Crippen molar-refractivity contribution >= 4 is 27.5 Å². The molecule has 0 aliphatic rings. The molecule has 0 saturated heterocycles. The summed E-state index contributed by atoms with van der Waals surface area (Å²) in [5.41, 5.74) is 5.19. The van der Waals surface area contributed by atoms with Crippen molar-refractivity contribution in [3.8, 4) is 5.75 Å². The van der Waals surface area contributed by atoms with E-state index in [-0.39, 0.29) is 5.91 Å². The fourth-order valence-corrected chi connectivity index (χ4v) is 2.58. The first-order valence-corrected chi connectivity index (χ1v) is 8.38. The zero-order valence-electron chi connectivity index (χ0n) is 14.2. The molecular weight excluding hydrogens is 354 g/mol. The monoisotopic (exact) mass is 375 g/mol. The summed E-state index contributed by atoms with van der Waals surface area (Å²) < 4.78 is 6.89. The van der Waals surface area contributed by atoms with E-state index in [1.165, 1.54) is 0 Å². The molecule has 1 atom stereocenters. The Balaban J connectivity index is 2.10. The lowest BCUT2D eigenvalue weighted by atomic mass is 10.1. The van der Waals surface area contributed by atoms with Crippen LogP contribution < -0.4 is 10.1 Å². The molecule has 0 aliphatic heterocycles. The minimum absolute atomic E-state index is 0.162. The zero-order valence-corrected chi connectivity index (χ0v) is 15.7. The van der Waals surface area contributed by atoms with Gasteiger partial charge in [0.15, 0.2) is 6.10 Å². The lowest BCUT2D eigenvalue weighted by molar-refractivity contribution is -0.122. The van der Waals surface area contributed by atoms with E-state index in [0.29, 0.717) is 0 Å². The van der Waals surface area contributed by atoms with Crippen molar-refractivity contribution in [2.75, 3.05) is 5.32 Å². The maximum atomic E-state index is 12.3. The average molecular weight is 376 g/mol. The Morgan fingerprint density at radius 1 is 1.09 bits per heavy atom. The Bertz CT molecular complexity index is 740. The third kappa shape index (κ3) is 4.35. The molecule has 1 N–H and O–H groups in total. The van der Waals surface area contributed by atoms with Crippen LogP contribution in [0, 0.1) is 27.7 Å². The summed E-state index contributed by atoms with van der Waals surface area (Å²) in [6.07, 6.45) is -0.571. The van der Waals surface area contributed by atoms with E-state index in [9.17, 15) is 4.79 Å². The van der Waals surface area contributed by atoms with Gasteiger partial charge in [-0.3, -0.25) is 4.79 Å². The van der Waals surface area contributed by atoms with E-state index in [4.69, 9.17) is 4.74 Å². The molecule has 2 rings (SSSR count). The number of aryl methyl sites for hydroxylation is 3. The topological polar surface area (TPSA) is 38.3 Å². The molecule has 4 heteroatoms. The molecule has 0 bridgehead atoms. The molecule has 0 fully saturated rings. The fraction of sp³-hybridized carbons (Fsp3) is 0.316. The lowest BCUT2D eigenvalue weighted by Gasteiger charge is -2.18. The molecule has 23 heavy (non-hydrogen) atoms. The van der Waals surface area contributed by atoms with E-state index < -0.39 is 6.10 Å². The van der Waals surface area contributed by atoms with Crippen LogP contribution in [-0.2, 0) is 4.79 Å². The van der Waals surface area contributed by atoms with Crippen LogP contribution in [-0.4, -0.2) is 12.0 Å². The Labute approximate surface area is 146 Å². The quantitative estimate of drug-likeness (QED) is 0.807. The van der Waals surface area contributed by atoms with Gasteiger partial charge in [-0.1, -0.05) is 22.0 Å². The lowest BCUT2D eigenvalue weighted by Crippen LogP contribution is -2.30. The van der Waals surface area contributed by atoms with Crippen molar-refractivity contribution < 1.29 is 9.53 Å². The number of carbonyl (C=O) groups excluding carboxylic acids is 1.